The van der Waals surface area contributed by atoms with Crippen LogP contribution in [0.15, 0.2) is 60.8 Å². The summed E-state index contributed by atoms with van der Waals surface area (Å²) in [7, 11) is 0. The van der Waals surface area contributed by atoms with Crippen LogP contribution in [0.5, 0.6) is 5.75 Å². The molecule has 5 nitrogen and oxygen atoms in total. The lowest BCUT2D eigenvalue weighted by Gasteiger charge is -2.01. The standard InChI is InChI=1S/C20H18N4O/c1-13-8-9-19(25)16(10-13)17-11-18(22-21-17)20-14(2)12-24(23-20)15-6-4-3-5-7-15/h3-12,25H,1-2H3,(H,21,22). The Hall–Kier alpha value is -3.34. The zero-order chi connectivity index (χ0) is 17.4. The molecule has 2 aromatic heterocycles. The summed E-state index contributed by atoms with van der Waals surface area (Å²) in [5.41, 5.74) is 6.20. The van der Waals surface area contributed by atoms with Gasteiger partial charge in [0.2, 0.25) is 0 Å². The molecule has 124 valence electrons. The van der Waals surface area contributed by atoms with Gasteiger partial charge in [-0.1, -0.05) is 29.8 Å². The van der Waals surface area contributed by atoms with Crippen LogP contribution >= 0.6 is 0 Å². The van der Waals surface area contributed by atoms with E-state index in [-0.39, 0.29) is 5.75 Å². The minimum atomic E-state index is 0.218. The van der Waals surface area contributed by atoms with Crippen LogP contribution in [0.25, 0.3) is 28.3 Å². The summed E-state index contributed by atoms with van der Waals surface area (Å²) < 4.78 is 1.86. The number of rotatable bonds is 3. The Morgan fingerprint density at radius 2 is 1.80 bits per heavy atom. The number of nitrogens with zero attached hydrogens (tertiary/aromatic N) is 3. The number of benzene rings is 2. The zero-order valence-corrected chi connectivity index (χ0v) is 14.1. The van der Waals surface area contributed by atoms with Gasteiger partial charge in [-0.2, -0.15) is 10.2 Å². The zero-order valence-electron chi connectivity index (χ0n) is 14.1. The monoisotopic (exact) mass is 330 g/mol. The van der Waals surface area contributed by atoms with Crippen molar-refractivity contribution in [3.05, 3.63) is 71.9 Å². The molecule has 2 heterocycles. The maximum atomic E-state index is 10.1. The van der Waals surface area contributed by atoms with Crippen LogP contribution in [-0.2, 0) is 0 Å². The number of hydrogen-bond acceptors (Lipinski definition) is 3. The molecule has 0 atom stereocenters. The van der Waals surface area contributed by atoms with Gasteiger partial charge < -0.3 is 5.11 Å². The lowest BCUT2D eigenvalue weighted by molar-refractivity contribution is 0.477. The summed E-state index contributed by atoms with van der Waals surface area (Å²) in [6.07, 6.45) is 2.00. The first-order valence-corrected chi connectivity index (χ1v) is 8.09. The van der Waals surface area contributed by atoms with Crippen LogP contribution in [0.4, 0.5) is 0 Å². The molecule has 2 N–H and O–H groups in total. The number of phenolic OH excluding ortho intramolecular Hbond substituents is 1. The van der Waals surface area contributed by atoms with E-state index in [1.54, 1.807) is 6.07 Å². The number of aromatic nitrogens is 4. The van der Waals surface area contributed by atoms with Crippen LogP contribution < -0.4 is 0 Å². The smallest absolute Gasteiger partial charge is 0.125 e. The maximum absolute atomic E-state index is 10.1. The van der Waals surface area contributed by atoms with Gasteiger partial charge >= 0.3 is 0 Å². The van der Waals surface area contributed by atoms with Crippen LogP contribution in [0.2, 0.25) is 0 Å². The van der Waals surface area contributed by atoms with Crippen LogP contribution in [-0.4, -0.2) is 25.1 Å². The first-order valence-electron chi connectivity index (χ1n) is 8.09. The summed E-state index contributed by atoms with van der Waals surface area (Å²) >= 11 is 0. The Bertz CT molecular complexity index is 1030. The molecule has 0 aliphatic rings. The highest BCUT2D eigenvalue weighted by Crippen LogP contribution is 2.31. The predicted octanol–water partition coefficient (Wildman–Crippen LogP) is 4.25. The summed E-state index contributed by atoms with van der Waals surface area (Å²) in [5.74, 6) is 0.218. The lowest BCUT2D eigenvalue weighted by atomic mass is 10.1. The first-order chi connectivity index (χ1) is 12.1. The number of nitrogens with one attached hydrogen (secondary N) is 1. The molecule has 0 saturated heterocycles. The van der Waals surface area contributed by atoms with E-state index in [1.807, 2.05) is 73.3 Å². The Morgan fingerprint density at radius 3 is 2.60 bits per heavy atom. The van der Waals surface area contributed by atoms with Gasteiger partial charge in [0.1, 0.15) is 11.4 Å². The van der Waals surface area contributed by atoms with Crippen molar-refractivity contribution in [1.29, 1.82) is 0 Å². The van der Waals surface area contributed by atoms with Crippen molar-refractivity contribution in [2.24, 2.45) is 0 Å². The van der Waals surface area contributed by atoms with Crippen molar-refractivity contribution in [3.63, 3.8) is 0 Å². The van der Waals surface area contributed by atoms with E-state index in [9.17, 15) is 5.11 Å². The van der Waals surface area contributed by atoms with Crippen LogP contribution in [0.1, 0.15) is 11.1 Å². The van der Waals surface area contributed by atoms with Crippen molar-refractivity contribution in [2.45, 2.75) is 13.8 Å². The molecule has 0 radical (unpaired) electrons. The number of aryl methyl sites for hydroxylation is 2. The number of H-pyrrole nitrogens is 1. The fourth-order valence-corrected chi connectivity index (χ4v) is 2.88. The number of hydrogen-bond donors (Lipinski definition) is 2. The average molecular weight is 330 g/mol. The van der Waals surface area contributed by atoms with Crippen LogP contribution in [0.3, 0.4) is 0 Å². The Balaban J connectivity index is 1.74. The molecular weight excluding hydrogens is 312 g/mol. The normalized spacial score (nSPS) is 11.0. The van der Waals surface area contributed by atoms with Gasteiger partial charge in [-0.25, -0.2) is 4.68 Å². The van der Waals surface area contributed by atoms with Crippen molar-refractivity contribution >= 4 is 0 Å². The third-order valence-electron chi connectivity index (χ3n) is 4.18. The largest absolute Gasteiger partial charge is 0.507 e. The molecule has 4 aromatic rings. The third kappa shape index (κ3) is 2.80. The van der Waals surface area contributed by atoms with Gasteiger partial charge in [0.25, 0.3) is 0 Å². The molecule has 0 fully saturated rings. The summed E-state index contributed by atoms with van der Waals surface area (Å²) in [5, 5.41) is 22.2. The van der Waals surface area contributed by atoms with E-state index in [4.69, 9.17) is 0 Å². The molecule has 5 heteroatoms. The Kier molecular flexibility index (Phi) is 3.61. The van der Waals surface area contributed by atoms with E-state index in [0.29, 0.717) is 11.3 Å². The second-order valence-electron chi connectivity index (χ2n) is 6.13. The summed E-state index contributed by atoms with van der Waals surface area (Å²) in [4.78, 5) is 0. The minimum absolute atomic E-state index is 0.218. The molecule has 0 bridgehead atoms. The van der Waals surface area contributed by atoms with E-state index < -0.39 is 0 Å². The van der Waals surface area contributed by atoms with Crippen molar-refractivity contribution < 1.29 is 5.11 Å². The van der Waals surface area contributed by atoms with Gasteiger partial charge in [-0.3, -0.25) is 5.10 Å². The van der Waals surface area contributed by atoms with E-state index in [1.165, 1.54) is 0 Å². The highest BCUT2D eigenvalue weighted by atomic mass is 16.3. The Morgan fingerprint density at radius 1 is 1.00 bits per heavy atom. The maximum Gasteiger partial charge on any atom is 0.125 e. The quantitative estimate of drug-likeness (QED) is 0.590. The number of phenols is 1. The lowest BCUT2D eigenvalue weighted by Crippen LogP contribution is -1.94. The van der Waals surface area contributed by atoms with Gasteiger partial charge in [0.15, 0.2) is 0 Å². The molecule has 0 aliphatic carbocycles. The molecule has 4 rings (SSSR count). The highest BCUT2D eigenvalue weighted by molar-refractivity contribution is 5.72. The summed E-state index contributed by atoms with van der Waals surface area (Å²) in [6, 6.07) is 17.4. The second kappa shape index (κ2) is 5.94. The van der Waals surface area contributed by atoms with E-state index in [0.717, 1.165) is 28.2 Å². The van der Waals surface area contributed by atoms with E-state index in [2.05, 4.69) is 15.3 Å². The van der Waals surface area contributed by atoms with Gasteiger partial charge in [0.05, 0.1) is 17.1 Å². The first kappa shape index (κ1) is 15.2. The van der Waals surface area contributed by atoms with Crippen molar-refractivity contribution in [3.8, 4) is 34.1 Å². The molecule has 0 saturated carbocycles. The number of aromatic hydroxyl groups is 1. The van der Waals surface area contributed by atoms with Crippen molar-refractivity contribution in [1.82, 2.24) is 20.0 Å². The molecule has 0 unspecified atom stereocenters. The Labute approximate surface area is 145 Å². The fraction of sp³-hybridized carbons (Fsp3) is 0.100. The SMILES string of the molecule is Cc1ccc(O)c(-c2cc(-c3nn(-c4ccccc4)cc3C)[nH]n2)c1. The van der Waals surface area contributed by atoms with Crippen LogP contribution in [0, 0.1) is 13.8 Å². The van der Waals surface area contributed by atoms with Gasteiger partial charge in [0, 0.05) is 11.8 Å². The number of para-hydroxylation sites is 1. The van der Waals surface area contributed by atoms with Gasteiger partial charge in [-0.05, 0) is 49.7 Å². The second-order valence-corrected chi connectivity index (χ2v) is 6.13. The predicted molar refractivity (Wildman–Crippen MR) is 97.7 cm³/mol. The van der Waals surface area contributed by atoms with E-state index >= 15 is 0 Å². The summed E-state index contributed by atoms with van der Waals surface area (Å²) in [6.45, 7) is 4.01. The molecule has 0 spiro atoms. The molecule has 0 aliphatic heterocycles. The minimum Gasteiger partial charge on any atom is -0.507 e. The third-order valence-corrected chi connectivity index (χ3v) is 4.18. The molecule has 2 aromatic carbocycles. The fourth-order valence-electron chi connectivity index (χ4n) is 2.88. The van der Waals surface area contributed by atoms with Gasteiger partial charge in [-0.15, -0.1) is 0 Å². The molecule has 25 heavy (non-hydrogen) atoms. The average Bonchev–Trinajstić information content (AvgIpc) is 3.24. The number of aromatic amines is 1. The highest BCUT2D eigenvalue weighted by Gasteiger charge is 2.14. The van der Waals surface area contributed by atoms with Crippen molar-refractivity contribution in [2.75, 3.05) is 0 Å². The molecule has 0 amide bonds. The topological polar surface area (TPSA) is 66.7 Å². The molecular formula is C20H18N4O.